The topological polar surface area (TPSA) is 36.0 Å². The van der Waals surface area contributed by atoms with Crippen LogP contribution in [-0.2, 0) is 16.1 Å². The van der Waals surface area contributed by atoms with Crippen LogP contribution in [0.5, 0.6) is 0 Å². The average Bonchev–Trinajstić information content (AvgIpc) is 3.37. The minimum Gasteiger partial charge on any atom is -0.375 e. The van der Waals surface area contributed by atoms with Gasteiger partial charge in [-0.3, -0.25) is 14.6 Å². The van der Waals surface area contributed by atoms with Crippen LogP contribution in [0.3, 0.4) is 0 Å². The molecule has 5 heteroatoms. The van der Waals surface area contributed by atoms with Gasteiger partial charge in [-0.2, -0.15) is 0 Å². The first kappa shape index (κ1) is 19.9. The lowest BCUT2D eigenvalue weighted by molar-refractivity contribution is -0.140. The van der Waals surface area contributed by atoms with Crippen molar-refractivity contribution < 1.29 is 9.53 Å². The van der Waals surface area contributed by atoms with E-state index in [1.807, 2.05) is 4.90 Å². The summed E-state index contributed by atoms with van der Waals surface area (Å²) in [6.07, 6.45) is 6.17. The Bertz CT molecular complexity index is 638. The lowest BCUT2D eigenvalue weighted by Crippen LogP contribution is -2.52. The molecule has 1 amide bonds. The monoisotopic (exact) mass is 385 g/mol. The molecule has 0 unspecified atom stereocenters. The number of hydrogen-bond acceptors (Lipinski definition) is 4. The molecule has 3 aliphatic rings. The lowest BCUT2D eigenvalue weighted by atomic mass is 10.0. The fraction of sp³-hybridized carbons (Fsp3) is 0.696. The second-order valence-corrected chi connectivity index (χ2v) is 8.59. The Morgan fingerprint density at radius 2 is 1.75 bits per heavy atom. The molecule has 3 saturated heterocycles. The number of hydrogen-bond donors (Lipinski definition) is 0. The van der Waals surface area contributed by atoms with Crippen molar-refractivity contribution in [1.29, 1.82) is 0 Å². The number of likely N-dealkylation sites (tertiary alicyclic amines) is 2. The van der Waals surface area contributed by atoms with Gasteiger partial charge < -0.3 is 9.64 Å². The van der Waals surface area contributed by atoms with Gasteiger partial charge in [0.1, 0.15) is 0 Å². The molecule has 0 bridgehead atoms. The van der Waals surface area contributed by atoms with Crippen LogP contribution in [0.2, 0.25) is 0 Å². The number of benzene rings is 1. The quantitative estimate of drug-likeness (QED) is 0.754. The van der Waals surface area contributed by atoms with Crippen LogP contribution >= 0.6 is 0 Å². The van der Waals surface area contributed by atoms with E-state index in [0.717, 1.165) is 32.6 Å². The first-order valence-corrected chi connectivity index (χ1v) is 11.2. The van der Waals surface area contributed by atoms with Crippen molar-refractivity contribution in [2.75, 3.05) is 39.3 Å². The molecule has 0 aromatic heterocycles. The lowest BCUT2D eigenvalue weighted by Gasteiger charge is -2.37. The predicted octanol–water partition coefficient (Wildman–Crippen LogP) is 2.75. The Balaban J connectivity index is 1.36. The zero-order valence-electron chi connectivity index (χ0n) is 17.3. The van der Waals surface area contributed by atoms with Crippen molar-refractivity contribution in [3.8, 4) is 0 Å². The second kappa shape index (κ2) is 9.38. The minimum atomic E-state index is 0.211. The van der Waals surface area contributed by atoms with E-state index in [-0.39, 0.29) is 6.10 Å². The molecule has 28 heavy (non-hydrogen) atoms. The van der Waals surface area contributed by atoms with Crippen LogP contribution < -0.4 is 0 Å². The summed E-state index contributed by atoms with van der Waals surface area (Å²) < 4.78 is 5.74. The number of amides is 1. The number of nitrogens with zero attached hydrogens (tertiary/aromatic N) is 3. The number of carbonyl (C=O) groups excluding carboxylic acids is 1. The highest BCUT2D eigenvalue weighted by Gasteiger charge is 2.38. The summed E-state index contributed by atoms with van der Waals surface area (Å²) in [6, 6.07) is 11.9. The molecule has 3 atom stereocenters. The third kappa shape index (κ3) is 4.58. The fourth-order valence-electron chi connectivity index (χ4n) is 5.25. The Kier molecular flexibility index (Phi) is 6.65. The number of carbonyl (C=O) groups is 1. The van der Waals surface area contributed by atoms with E-state index in [4.69, 9.17) is 4.74 Å². The van der Waals surface area contributed by atoms with Crippen LogP contribution in [-0.4, -0.2) is 78.1 Å². The summed E-state index contributed by atoms with van der Waals surface area (Å²) in [6.45, 7) is 8.18. The molecule has 4 rings (SSSR count). The minimum absolute atomic E-state index is 0.211. The van der Waals surface area contributed by atoms with Crippen LogP contribution in [0.1, 0.15) is 44.6 Å². The molecule has 0 aliphatic carbocycles. The summed E-state index contributed by atoms with van der Waals surface area (Å²) in [7, 11) is 0. The predicted molar refractivity (Wildman–Crippen MR) is 111 cm³/mol. The Morgan fingerprint density at radius 1 is 1.04 bits per heavy atom. The van der Waals surface area contributed by atoms with E-state index < -0.39 is 0 Å². The van der Waals surface area contributed by atoms with Crippen LogP contribution in [0.25, 0.3) is 0 Å². The van der Waals surface area contributed by atoms with Crippen molar-refractivity contribution >= 4 is 5.91 Å². The summed E-state index contributed by atoms with van der Waals surface area (Å²) in [5.74, 6) is 0.293. The SMILES string of the molecule is CC[C@@H]1CN(C(=O)CN2CCC[C@@H]2[C@@H]2CCCN2Cc2ccccc2)CCO1. The van der Waals surface area contributed by atoms with E-state index in [0.29, 0.717) is 31.1 Å². The maximum atomic E-state index is 13.0. The molecule has 3 heterocycles. The average molecular weight is 386 g/mol. The highest BCUT2D eigenvalue weighted by atomic mass is 16.5. The summed E-state index contributed by atoms with van der Waals surface area (Å²) >= 11 is 0. The van der Waals surface area contributed by atoms with Gasteiger partial charge in [-0.25, -0.2) is 0 Å². The van der Waals surface area contributed by atoms with Gasteiger partial charge in [0.25, 0.3) is 0 Å². The standard InChI is InChI=1S/C23H35N3O2/c1-2-20-17-26(14-15-28-20)23(27)18-25-13-7-11-22(25)21-10-6-12-24(21)16-19-8-4-3-5-9-19/h3-5,8-9,20-22H,2,6-7,10-18H2,1H3/t20-,21+,22-/m1/s1. The first-order valence-electron chi connectivity index (χ1n) is 11.2. The van der Waals surface area contributed by atoms with Gasteiger partial charge in [0.05, 0.1) is 19.3 Å². The first-order chi connectivity index (χ1) is 13.7. The molecule has 3 aliphatic heterocycles. The molecule has 0 radical (unpaired) electrons. The molecular formula is C23H35N3O2. The molecule has 3 fully saturated rings. The number of rotatable bonds is 6. The molecule has 154 valence electrons. The smallest absolute Gasteiger partial charge is 0.236 e. The van der Waals surface area contributed by atoms with E-state index in [1.165, 1.54) is 37.8 Å². The van der Waals surface area contributed by atoms with Crippen LogP contribution in [0, 0.1) is 0 Å². The molecule has 0 saturated carbocycles. The molecule has 5 nitrogen and oxygen atoms in total. The third-order valence-corrected chi connectivity index (χ3v) is 6.79. The maximum Gasteiger partial charge on any atom is 0.236 e. The van der Waals surface area contributed by atoms with Crippen LogP contribution in [0.15, 0.2) is 30.3 Å². The summed E-state index contributed by atoms with van der Waals surface area (Å²) in [5, 5.41) is 0. The zero-order chi connectivity index (χ0) is 19.3. The molecule has 0 spiro atoms. The van der Waals surface area contributed by atoms with E-state index in [2.05, 4.69) is 47.1 Å². The second-order valence-electron chi connectivity index (χ2n) is 8.59. The van der Waals surface area contributed by atoms with Gasteiger partial charge in [0.15, 0.2) is 0 Å². The van der Waals surface area contributed by atoms with E-state index >= 15 is 0 Å². The maximum absolute atomic E-state index is 13.0. The normalized spacial score (nSPS) is 29.5. The van der Waals surface area contributed by atoms with Gasteiger partial charge in [-0.15, -0.1) is 0 Å². The molecule has 1 aromatic rings. The van der Waals surface area contributed by atoms with Crippen molar-refractivity contribution in [1.82, 2.24) is 14.7 Å². The van der Waals surface area contributed by atoms with Gasteiger partial charge >= 0.3 is 0 Å². The Labute approximate surface area is 169 Å². The van der Waals surface area contributed by atoms with Crippen molar-refractivity contribution in [3.05, 3.63) is 35.9 Å². The van der Waals surface area contributed by atoms with E-state index in [1.54, 1.807) is 0 Å². The summed E-state index contributed by atoms with van der Waals surface area (Å²) in [4.78, 5) is 20.1. The Morgan fingerprint density at radius 3 is 2.50 bits per heavy atom. The third-order valence-electron chi connectivity index (χ3n) is 6.79. The van der Waals surface area contributed by atoms with Gasteiger partial charge in [-0.05, 0) is 50.8 Å². The summed E-state index contributed by atoms with van der Waals surface area (Å²) in [5.41, 5.74) is 1.40. The van der Waals surface area contributed by atoms with Crippen molar-refractivity contribution in [3.63, 3.8) is 0 Å². The molecule has 1 aromatic carbocycles. The van der Waals surface area contributed by atoms with E-state index in [9.17, 15) is 4.79 Å². The zero-order valence-corrected chi connectivity index (χ0v) is 17.3. The molecular weight excluding hydrogens is 350 g/mol. The van der Waals surface area contributed by atoms with Crippen LogP contribution in [0.4, 0.5) is 0 Å². The largest absolute Gasteiger partial charge is 0.375 e. The Hall–Kier alpha value is -1.43. The van der Waals surface area contributed by atoms with Crippen molar-refractivity contribution in [2.45, 2.75) is 63.8 Å². The van der Waals surface area contributed by atoms with Gasteiger partial charge in [0, 0.05) is 31.7 Å². The highest BCUT2D eigenvalue weighted by Crippen LogP contribution is 2.31. The number of morpholine rings is 1. The van der Waals surface area contributed by atoms with Gasteiger partial charge in [0.2, 0.25) is 5.91 Å². The molecule has 0 N–H and O–H groups in total. The highest BCUT2D eigenvalue weighted by molar-refractivity contribution is 5.78. The fourth-order valence-corrected chi connectivity index (χ4v) is 5.25. The number of ether oxygens (including phenoxy) is 1. The van der Waals surface area contributed by atoms with Gasteiger partial charge in [-0.1, -0.05) is 37.3 Å². The van der Waals surface area contributed by atoms with Crippen molar-refractivity contribution in [2.24, 2.45) is 0 Å².